The lowest BCUT2D eigenvalue weighted by molar-refractivity contribution is 0.0689. The maximum absolute atomic E-state index is 10.7. The highest BCUT2D eigenvalue weighted by molar-refractivity contribution is 5.85. The Bertz CT molecular complexity index is 587. The molecule has 0 bridgehead atoms. The molecule has 0 aliphatic rings. The summed E-state index contributed by atoms with van der Waals surface area (Å²) in [6.45, 7) is 4.19. The summed E-state index contributed by atoms with van der Waals surface area (Å²) >= 11 is 0. The molecule has 104 valence electrons. The van der Waals surface area contributed by atoms with E-state index < -0.39 is 5.97 Å². The Morgan fingerprint density at radius 1 is 1.10 bits per heavy atom. The molecule has 0 aliphatic heterocycles. The number of para-hydroxylation sites is 1. The van der Waals surface area contributed by atoms with Crippen LogP contribution < -0.4 is 5.32 Å². The lowest BCUT2D eigenvalue weighted by Crippen LogP contribution is -2.05. The van der Waals surface area contributed by atoms with E-state index in [0.29, 0.717) is 5.82 Å². The zero-order valence-electron chi connectivity index (χ0n) is 11.6. The molecule has 2 N–H and O–H groups in total. The Kier molecular flexibility index (Phi) is 4.30. The molecule has 0 atom stereocenters. The van der Waals surface area contributed by atoms with Gasteiger partial charge in [0.25, 0.3) is 0 Å². The van der Waals surface area contributed by atoms with E-state index in [9.17, 15) is 4.79 Å². The summed E-state index contributed by atoms with van der Waals surface area (Å²) in [6.07, 6.45) is 1.83. The van der Waals surface area contributed by atoms with Crippen LogP contribution in [0.4, 0.5) is 11.5 Å². The van der Waals surface area contributed by atoms with Crippen molar-refractivity contribution in [3.63, 3.8) is 0 Å². The normalized spacial score (nSPS) is 10.3. The molecule has 5 heteroatoms. The molecular formula is C15H17N3O2. The number of aromatic nitrogens is 2. The van der Waals surface area contributed by atoms with Crippen molar-refractivity contribution >= 4 is 17.5 Å². The quantitative estimate of drug-likeness (QED) is 0.874. The molecule has 0 amide bonds. The van der Waals surface area contributed by atoms with Gasteiger partial charge in [0, 0.05) is 5.69 Å². The highest BCUT2D eigenvalue weighted by atomic mass is 16.4. The molecule has 0 radical (unpaired) electrons. The first-order chi connectivity index (χ1) is 9.65. The Labute approximate surface area is 117 Å². The summed E-state index contributed by atoms with van der Waals surface area (Å²) in [5, 5.41) is 19.6. The smallest absolute Gasteiger partial charge is 0.356 e. The van der Waals surface area contributed by atoms with Crippen molar-refractivity contribution in [3.8, 4) is 0 Å². The maximum atomic E-state index is 10.7. The van der Waals surface area contributed by atoms with Gasteiger partial charge in [-0.05, 0) is 36.1 Å². The zero-order chi connectivity index (χ0) is 14.5. The van der Waals surface area contributed by atoms with Crippen molar-refractivity contribution < 1.29 is 9.90 Å². The Morgan fingerprint density at radius 2 is 1.75 bits per heavy atom. The summed E-state index contributed by atoms with van der Waals surface area (Å²) in [7, 11) is 0. The van der Waals surface area contributed by atoms with Crippen molar-refractivity contribution in [2.24, 2.45) is 0 Å². The van der Waals surface area contributed by atoms with Crippen LogP contribution in [-0.2, 0) is 12.8 Å². The molecular weight excluding hydrogens is 254 g/mol. The molecule has 2 rings (SSSR count). The minimum atomic E-state index is -1.08. The Morgan fingerprint density at radius 3 is 2.20 bits per heavy atom. The fourth-order valence-electron chi connectivity index (χ4n) is 2.04. The third-order valence-electron chi connectivity index (χ3n) is 3.14. The fourth-order valence-corrected chi connectivity index (χ4v) is 2.04. The number of carbonyl (C=O) groups is 1. The van der Waals surface area contributed by atoms with Crippen molar-refractivity contribution in [3.05, 3.63) is 47.2 Å². The molecule has 0 unspecified atom stereocenters. The van der Waals surface area contributed by atoms with Crippen LogP contribution in [0.2, 0.25) is 0 Å². The van der Waals surface area contributed by atoms with E-state index in [0.717, 1.165) is 18.5 Å². The van der Waals surface area contributed by atoms with Crippen molar-refractivity contribution in [1.82, 2.24) is 10.2 Å². The summed E-state index contributed by atoms with van der Waals surface area (Å²) in [6, 6.07) is 9.25. The molecule has 0 saturated carbocycles. The maximum Gasteiger partial charge on any atom is 0.356 e. The topological polar surface area (TPSA) is 75.1 Å². The molecule has 1 aromatic carbocycles. The molecule has 20 heavy (non-hydrogen) atoms. The van der Waals surface area contributed by atoms with E-state index in [1.807, 2.05) is 6.07 Å². The Hall–Kier alpha value is -2.43. The van der Waals surface area contributed by atoms with Gasteiger partial charge in [-0.2, -0.15) is 0 Å². The number of rotatable bonds is 5. The van der Waals surface area contributed by atoms with Crippen molar-refractivity contribution in [1.29, 1.82) is 0 Å². The molecule has 0 spiro atoms. The van der Waals surface area contributed by atoms with Gasteiger partial charge in [-0.3, -0.25) is 0 Å². The molecule has 0 saturated heterocycles. The van der Waals surface area contributed by atoms with Gasteiger partial charge in [-0.25, -0.2) is 4.79 Å². The van der Waals surface area contributed by atoms with Crippen LogP contribution in [-0.4, -0.2) is 21.3 Å². The number of aryl methyl sites for hydroxylation is 2. The van der Waals surface area contributed by atoms with E-state index in [2.05, 4.69) is 41.5 Å². The predicted octanol–water partition coefficient (Wildman–Crippen LogP) is 3.04. The monoisotopic (exact) mass is 271 g/mol. The first-order valence-corrected chi connectivity index (χ1v) is 6.60. The van der Waals surface area contributed by atoms with Crippen LogP contribution in [0.25, 0.3) is 0 Å². The number of nitrogens with one attached hydrogen (secondary N) is 1. The van der Waals surface area contributed by atoms with Crippen LogP contribution in [0.3, 0.4) is 0 Å². The number of benzene rings is 1. The molecule has 0 aliphatic carbocycles. The minimum Gasteiger partial charge on any atom is -0.476 e. The largest absolute Gasteiger partial charge is 0.476 e. The second-order valence-electron chi connectivity index (χ2n) is 4.39. The van der Waals surface area contributed by atoms with Gasteiger partial charge in [0.2, 0.25) is 0 Å². The van der Waals surface area contributed by atoms with Gasteiger partial charge in [0.05, 0.1) is 0 Å². The number of hydrogen-bond donors (Lipinski definition) is 2. The lowest BCUT2D eigenvalue weighted by atomic mass is 10.0. The van der Waals surface area contributed by atoms with E-state index in [4.69, 9.17) is 5.11 Å². The standard InChI is InChI=1S/C15H17N3O2/c1-3-10-6-5-7-11(4-2)14(10)16-13-9-8-12(15(19)20)17-18-13/h5-9H,3-4H2,1-2H3,(H,16,18)(H,19,20). The molecule has 1 aromatic heterocycles. The third-order valence-corrected chi connectivity index (χ3v) is 3.14. The number of carboxylic acids is 1. The van der Waals surface area contributed by atoms with Gasteiger partial charge < -0.3 is 10.4 Å². The SMILES string of the molecule is CCc1cccc(CC)c1Nc1ccc(C(=O)O)nn1. The van der Waals surface area contributed by atoms with Crippen LogP contribution in [0.5, 0.6) is 0 Å². The minimum absolute atomic E-state index is 0.0601. The van der Waals surface area contributed by atoms with Crippen LogP contribution in [0, 0.1) is 0 Å². The number of hydrogen-bond acceptors (Lipinski definition) is 4. The van der Waals surface area contributed by atoms with Crippen LogP contribution in [0.1, 0.15) is 35.5 Å². The van der Waals surface area contributed by atoms with Gasteiger partial charge >= 0.3 is 5.97 Å². The van der Waals surface area contributed by atoms with Gasteiger partial charge in [-0.1, -0.05) is 32.0 Å². The van der Waals surface area contributed by atoms with Gasteiger partial charge in [0.15, 0.2) is 11.5 Å². The second kappa shape index (κ2) is 6.14. The molecule has 0 fully saturated rings. The van der Waals surface area contributed by atoms with E-state index in [-0.39, 0.29) is 5.69 Å². The van der Waals surface area contributed by atoms with Crippen LogP contribution >= 0.6 is 0 Å². The predicted molar refractivity (Wildman–Crippen MR) is 77.5 cm³/mol. The average Bonchev–Trinajstić information content (AvgIpc) is 2.48. The Balaban J connectivity index is 2.31. The first kappa shape index (κ1) is 14.0. The highest BCUT2D eigenvalue weighted by Gasteiger charge is 2.09. The van der Waals surface area contributed by atoms with Crippen LogP contribution in [0.15, 0.2) is 30.3 Å². The van der Waals surface area contributed by atoms with Gasteiger partial charge in [-0.15, -0.1) is 10.2 Å². The zero-order valence-corrected chi connectivity index (χ0v) is 11.6. The number of nitrogens with zero attached hydrogens (tertiary/aromatic N) is 2. The summed E-state index contributed by atoms with van der Waals surface area (Å²) in [4.78, 5) is 10.7. The molecule has 2 aromatic rings. The fraction of sp³-hybridized carbons (Fsp3) is 0.267. The molecule has 5 nitrogen and oxygen atoms in total. The van der Waals surface area contributed by atoms with Crippen molar-refractivity contribution in [2.45, 2.75) is 26.7 Å². The third kappa shape index (κ3) is 2.93. The van der Waals surface area contributed by atoms with E-state index >= 15 is 0 Å². The summed E-state index contributed by atoms with van der Waals surface area (Å²) in [5.41, 5.74) is 3.38. The van der Waals surface area contributed by atoms with E-state index in [1.54, 1.807) is 6.07 Å². The number of carboxylic acid groups (broad SMARTS) is 1. The number of anilines is 2. The number of aromatic carboxylic acids is 1. The van der Waals surface area contributed by atoms with Gasteiger partial charge in [0.1, 0.15) is 0 Å². The summed E-state index contributed by atoms with van der Waals surface area (Å²) in [5.74, 6) is -0.530. The van der Waals surface area contributed by atoms with Crippen molar-refractivity contribution in [2.75, 3.05) is 5.32 Å². The summed E-state index contributed by atoms with van der Waals surface area (Å²) < 4.78 is 0. The van der Waals surface area contributed by atoms with E-state index in [1.165, 1.54) is 17.2 Å². The highest BCUT2D eigenvalue weighted by Crippen LogP contribution is 2.25. The second-order valence-corrected chi connectivity index (χ2v) is 4.39. The average molecular weight is 271 g/mol. The molecule has 1 heterocycles. The first-order valence-electron chi connectivity index (χ1n) is 6.60. The lowest BCUT2D eigenvalue weighted by Gasteiger charge is -2.14.